The lowest BCUT2D eigenvalue weighted by Crippen LogP contribution is -2.27. The number of ether oxygens (including phenoxy) is 1. The van der Waals surface area contributed by atoms with Crippen molar-refractivity contribution in [1.29, 1.82) is 0 Å². The second kappa shape index (κ2) is 4.90. The second-order valence-corrected chi connectivity index (χ2v) is 6.63. The Bertz CT molecular complexity index is 584. The highest BCUT2D eigenvalue weighted by molar-refractivity contribution is 7.82. The van der Waals surface area contributed by atoms with Gasteiger partial charge in [-0.05, 0) is 32.9 Å². The van der Waals surface area contributed by atoms with Crippen LogP contribution in [0.15, 0.2) is 18.3 Å². The van der Waals surface area contributed by atoms with Crippen LogP contribution < -0.4 is 0 Å². The number of carbonyl (C=O) groups excluding carboxylic acids is 1. The van der Waals surface area contributed by atoms with Crippen molar-refractivity contribution >= 4 is 40.2 Å². The Morgan fingerprint density at radius 3 is 2.72 bits per heavy atom. The number of thiophene rings is 1. The molecule has 0 fully saturated rings. The van der Waals surface area contributed by atoms with Gasteiger partial charge in [-0.3, -0.25) is 9.78 Å². The second-order valence-electron chi connectivity index (χ2n) is 4.46. The Hall–Kier alpha value is -1.07. The molecule has 1 aliphatic carbocycles. The van der Waals surface area contributed by atoms with Crippen LogP contribution in [-0.2, 0) is 9.53 Å². The van der Waals surface area contributed by atoms with Crippen molar-refractivity contribution in [2.45, 2.75) is 25.5 Å². The molecule has 0 radical (unpaired) electrons. The van der Waals surface area contributed by atoms with E-state index in [-0.39, 0.29) is 5.97 Å². The molecular weight excluding hydrogens is 266 g/mol. The van der Waals surface area contributed by atoms with E-state index in [2.05, 4.69) is 29.7 Å². The van der Waals surface area contributed by atoms with E-state index in [4.69, 9.17) is 4.74 Å². The molecule has 0 amide bonds. The van der Waals surface area contributed by atoms with Crippen molar-refractivity contribution in [3.63, 3.8) is 0 Å². The summed E-state index contributed by atoms with van der Waals surface area (Å²) in [5.41, 5.74) is 2.58. The smallest absolute Gasteiger partial charge is 0.321 e. The average Bonchev–Trinajstić information content (AvgIpc) is 2.77. The zero-order valence-corrected chi connectivity index (χ0v) is 12.3. The molecule has 2 aliphatic rings. The lowest BCUT2D eigenvalue weighted by molar-refractivity contribution is -0.145. The number of aromatic nitrogens is 1. The van der Waals surface area contributed by atoms with E-state index in [1.165, 1.54) is 20.7 Å². The third-order valence-electron chi connectivity index (χ3n) is 2.45. The van der Waals surface area contributed by atoms with Crippen molar-refractivity contribution in [2.75, 3.05) is 6.61 Å². The number of thiol groups is 1. The molecule has 0 aromatic carbocycles. The Balaban J connectivity index is 0.000000134. The summed E-state index contributed by atoms with van der Waals surface area (Å²) < 4.78 is 5.42. The minimum Gasteiger partial charge on any atom is -0.465 e. The zero-order chi connectivity index (χ0) is 13.3. The van der Waals surface area contributed by atoms with Crippen LogP contribution in [0.5, 0.6) is 0 Å². The summed E-state index contributed by atoms with van der Waals surface area (Å²) in [5.74, 6) is -0.270. The van der Waals surface area contributed by atoms with Crippen LogP contribution in [0.4, 0.5) is 0 Å². The lowest BCUT2D eigenvalue weighted by Gasteiger charge is -2.13. The summed E-state index contributed by atoms with van der Waals surface area (Å²) in [6, 6.07) is 4.23. The van der Waals surface area contributed by atoms with Crippen LogP contribution in [0.3, 0.4) is 0 Å². The Labute approximate surface area is 116 Å². The van der Waals surface area contributed by atoms with Gasteiger partial charge in [-0.15, -0.1) is 11.3 Å². The predicted octanol–water partition coefficient (Wildman–Crippen LogP) is 3.53. The first kappa shape index (κ1) is 13.4. The van der Waals surface area contributed by atoms with Gasteiger partial charge in [0.1, 0.15) is 4.75 Å². The molecule has 4 rings (SSSR count). The predicted molar refractivity (Wildman–Crippen MR) is 78.3 cm³/mol. The molecule has 2 aromatic rings. The molecule has 0 saturated carbocycles. The molecule has 1 aliphatic heterocycles. The minimum absolute atomic E-state index is 0.270. The molecule has 0 unspecified atom stereocenters. The summed E-state index contributed by atoms with van der Waals surface area (Å²) in [6.07, 6.45) is 1.87. The summed E-state index contributed by atoms with van der Waals surface area (Å²) in [5, 5.41) is 0. The van der Waals surface area contributed by atoms with Crippen LogP contribution in [-0.4, -0.2) is 22.3 Å². The summed E-state index contributed by atoms with van der Waals surface area (Å²) in [6.45, 7) is 5.60. The maximum Gasteiger partial charge on any atom is 0.321 e. The molecule has 18 heavy (non-hydrogen) atoms. The van der Waals surface area contributed by atoms with E-state index >= 15 is 0 Å². The summed E-state index contributed by atoms with van der Waals surface area (Å²) in [7, 11) is 0. The maximum atomic E-state index is 10.8. The number of nitrogens with zero attached hydrogens (tertiary/aromatic N) is 1. The number of hydrogen-bond acceptors (Lipinski definition) is 5. The van der Waals surface area contributed by atoms with Crippen molar-refractivity contribution < 1.29 is 9.53 Å². The number of rotatable bonds is 2. The molecule has 3 nitrogen and oxygen atoms in total. The SMILES string of the molecule is CCOC(=O)C(C)(C)S.c1cc2c3sc-2cc3n1. The van der Waals surface area contributed by atoms with Gasteiger partial charge in [-0.1, -0.05) is 0 Å². The molecular formula is C13H15NO2S2. The van der Waals surface area contributed by atoms with E-state index in [1.54, 1.807) is 20.8 Å². The number of hydrogen-bond donors (Lipinski definition) is 1. The molecule has 5 heteroatoms. The normalized spacial score (nSPS) is 11.8. The number of carbonyl (C=O) groups is 1. The Morgan fingerprint density at radius 2 is 2.28 bits per heavy atom. The topological polar surface area (TPSA) is 39.2 Å². The number of pyridine rings is 1. The van der Waals surface area contributed by atoms with Crippen LogP contribution in [0.1, 0.15) is 20.8 Å². The van der Waals surface area contributed by atoms with Gasteiger partial charge in [-0.25, -0.2) is 0 Å². The first-order valence-electron chi connectivity index (χ1n) is 5.72. The maximum absolute atomic E-state index is 10.8. The molecule has 96 valence electrons. The first-order chi connectivity index (χ1) is 8.43. The molecule has 0 saturated heterocycles. The van der Waals surface area contributed by atoms with Gasteiger partial charge in [0.05, 0.1) is 16.8 Å². The Kier molecular flexibility index (Phi) is 3.64. The van der Waals surface area contributed by atoms with Crippen molar-refractivity contribution in [1.82, 2.24) is 4.98 Å². The summed E-state index contributed by atoms with van der Waals surface area (Å²) >= 11 is 5.85. The highest BCUT2D eigenvalue weighted by atomic mass is 32.1. The minimum atomic E-state index is -0.657. The quantitative estimate of drug-likeness (QED) is 0.577. The van der Waals surface area contributed by atoms with E-state index < -0.39 is 4.75 Å². The van der Waals surface area contributed by atoms with E-state index in [9.17, 15) is 4.79 Å². The Morgan fingerprint density at radius 1 is 1.56 bits per heavy atom. The van der Waals surface area contributed by atoms with Gasteiger partial charge in [0.2, 0.25) is 0 Å². The van der Waals surface area contributed by atoms with Crippen LogP contribution in [0.25, 0.3) is 20.7 Å². The van der Waals surface area contributed by atoms with Gasteiger partial charge in [0, 0.05) is 16.6 Å². The first-order valence-corrected chi connectivity index (χ1v) is 6.98. The number of esters is 1. The summed E-state index contributed by atoms with van der Waals surface area (Å²) in [4.78, 5) is 16.4. The van der Waals surface area contributed by atoms with Crippen LogP contribution in [0.2, 0.25) is 0 Å². The largest absolute Gasteiger partial charge is 0.465 e. The van der Waals surface area contributed by atoms with Crippen molar-refractivity contribution in [3.05, 3.63) is 18.3 Å². The molecule has 0 spiro atoms. The van der Waals surface area contributed by atoms with Crippen molar-refractivity contribution in [3.8, 4) is 10.4 Å². The molecule has 0 N–H and O–H groups in total. The highest BCUT2D eigenvalue weighted by Crippen LogP contribution is 2.46. The third-order valence-corrected chi connectivity index (χ3v) is 3.83. The van der Waals surface area contributed by atoms with Gasteiger partial charge in [-0.2, -0.15) is 12.6 Å². The zero-order valence-electron chi connectivity index (χ0n) is 10.6. The fraction of sp³-hybridized carbons (Fsp3) is 0.385. The third kappa shape index (κ3) is 2.52. The van der Waals surface area contributed by atoms with Crippen LogP contribution in [0, 0.1) is 0 Å². The molecule has 3 heterocycles. The van der Waals surface area contributed by atoms with E-state index in [0.29, 0.717) is 6.61 Å². The fourth-order valence-corrected chi connectivity index (χ4v) is 2.61. The van der Waals surface area contributed by atoms with E-state index in [1.807, 2.05) is 17.5 Å². The monoisotopic (exact) mass is 281 g/mol. The lowest BCUT2D eigenvalue weighted by atomic mass is 10.2. The van der Waals surface area contributed by atoms with Gasteiger partial charge in [0.15, 0.2) is 0 Å². The van der Waals surface area contributed by atoms with Crippen LogP contribution >= 0.6 is 24.0 Å². The standard InChI is InChI=1S/C7H3NS.C6H12O2S/c1-2-8-5-3-6-4(1)7(5)9-6;1-4-8-5(7)6(2,3)9/h1-3H;9H,4H2,1-3H3. The highest BCUT2D eigenvalue weighted by Gasteiger charge is 2.23. The van der Waals surface area contributed by atoms with Gasteiger partial charge >= 0.3 is 5.97 Å². The average molecular weight is 281 g/mol. The van der Waals surface area contributed by atoms with E-state index in [0.717, 1.165) is 0 Å². The van der Waals surface area contributed by atoms with Gasteiger partial charge in [0.25, 0.3) is 0 Å². The fourth-order valence-electron chi connectivity index (χ4n) is 1.53. The van der Waals surface area contributed by atoms with Gasteiger partial charge < -0.3 is 4.74 Å². The molecule has 0 atom stereocenters. The van der Waals surface area contributed by atoms with Crippen molar-refractivity contribution in [2.24, 2.45) is 0 Å². The molecule has 4 bridgehead atoms. The molecule has 2 aromatic heterocycles.